The second-order valence-electron chi connectivity index (χ2n) is 11.9. The highest BCUT2D eigenvalue weighted by Gasteiger charge is 2.39. The van der Waals surface area contributed by atoms with Crippen LogP contribution in [0.5, 0.6) is 0 Å². The second-order valence-corrected chi connectivity index (χ2v) is 14.7. The number of aromatic nitrogens is 2. The van der Waals surface area contributed by atoms with E-state index in [0.29, 0.717) is 31.1 Å². The van der Waals surface area contributed by atoms with E-state index in [0.717, 1.165) is 65.9 Å². The highest BCUT2D eigenvalue weighted by Crippen LogP contribution is 2.30. The van der Waals surface area contributed by atoms with Gasteiger partial charge in [0.25, 0.3) is 0 Å². The average Bonchev–Trinajstić information content (AvgIpc) is 3.56. The fraction of sp³-hybridized carbons (Fsp3) is 0.343. The molecule has 2 aliphatic rings. The molecule has 3 aromatic carbocycles. The van der Waals surface area contributed by atoms with Crippen LogP contribution in [0.1, 0.15) is 43.4 Å². The summed E-state index contributed by atoms with van der Waals surface area (Å²) < 4.78 is 42.3. The van der Waals surface area contributed by atoms with E-state index in [1.807, 2.05) is 36.4 Å². The summed E-state index contributed by atoms with van der Waals surface area (Å²) >= 11 is 3.51. The van der Waals surface area contributed by atoms with Crippen molar-refractivity contribution in [2.45, 2.75) is 55.9 Å². The van der Waals surface area contributed by atoms with Crippen LogP contribution in [0, 0.1) is 11.7 Å². The number of halogens is 2. The van der Waals surface area contributed by atoms with Crippen LogP contribution in [-0.2, 0) is 27.7 Å². The summed E-state index contributed by atoms with van der Waals surface area (Å²) in [7, 11) is -3.92. The summed E-state index contributed by atoms with van der Waals surface area (Å²) in [6.07, 6.45) is 4.78. The predicted molar refractivity (Wildman–Crippen MR) is 177 cm³/mol. The first kappa shape index (κ1) is 31.5. The third-order valence-electron chi connectivity index (χ3n) is 8.80. The maximum absolute atomic E-state index is 13.5. The predicted octanol–water partition coefficient (Wildman–Crippen LogP) is 6.86. The Kier molecular flexibility index (Phi) is 9.72. The Morgan fingerprint density at radius 3 is 2.31 bits per heavy atom. The number of carbonyl (C=O) groups excluding carboxylic acids is 1. The number of hydrogen-bond acceptors (Lipinski definition) is 6. The van der Waals surface area contributed by atoms with Gasteiger partial charge in [0.2, 0.25) is 16.0 Å². The van der Waals surface area contributed by atoms with E-state index < -0.39 is 21.9 Å². The lowest BCUT2D eigenvalue weighted by Crippen LogP contribution is -2.40. The second kappa shape index (κ2) is 13.9. The number of carbonyl (C=O) groups is 1. The van der Waals surface area contributed by atoms with Crippen LogP contribution in [-0.4, -0.2) is 54.2 Å². The van der Waals surface area contributed by atoms with Gasteiger partial charge in [0.1, 0.15) is 5.82 Å². The summed E-state index contributed by atoms with van der Waals surface area (Å²) in [5, 5.41) is 0. The van der Waals surface area contributed by atoms with Gasteiger partial charge < -0.3 is 4.90 Å². The summed E-state index contributed by atoms with van der Waals surface area (Å²) in [6, 6.07) is 24.5. The lowest BCUT2D eigenvalue weighted by molar-refractivity contribution is -0.122. The zero-order valence-corrected chi connectivity index (χ0v) is 27.4. The first-order chi connectivity index (χ1) is 21.8. The molecule has 3 heterocycles. The van der Waals surface area contributed by atoms with Crippen LogP contribution < -0.4 is 4.90 Å². The summed E-state index contributed by atoms with van der Waals surface area (Å²) in [5.74, 6) is 0.630. The van der Waals surface area contributed by atoms with Gasteiger partial charge in [-0.2, -0.15) is 4.31 Å². The lowest BCUT2D eigenvalue weighted by Gasteiger charge is -2.32. The number of nitrogens with zero attached hydrogens (tertiary/aromatic N) is 4. The molecule has 0 amide bonds. The van der Waals surface area contributed by atoms with Crippen molar-refractivity contribution in [2.24, 2.45) is 5.92 Å². The molecule has 0 bridgehead atoms. The number of sulfonamides is 1. The molecule has 0 radical (unpaired) electrons. The van der Waals surface area contributed by atoms with E-state index >= 15 is 0 Å². The monoisotopic (exact) mass is 690 g/mol. The first-order valence-corrected chi connectivity index (χ1v) is 17.7. The van der Waals surface area contributed by atoms with Gasteiger partial charge in [-0.1, -0.05) is 58.4 Å². The van der Waals surface area contributed by atoms with Gasteiger partial charge in [-0.25, -0.2) is 22.8 Å². The van der Waals surface area contributed by atoms with Crippen LogP contribution in [0.3, 0.4) is 0 Å². The van der Waals surface area contributed by atoms with E-state index in [2.05, 4.69) is 45.1 Å². The molecule has 10 heteroatoms. The Labute approximate surface area is 272 Å². The van der Waals surface area contributed by atoms with Gasteiger partial charge in [0, 0.05) is 41.8 Å². The molecular weight excluding hydrogens is 655 g/mol. The van der Waals surface area contributed by atoms with E-state index in [4.69, 9.17) is 9.97 Å². The van der Waals surface area contributed by atoms with Crippen LogP contribution in [0.2, 0.25) is 0 Å². The minimum atomic E-state index is -3.92. The largest absolute Gasteiger partial charge is 0.341 e. The van der Waals surface area contributed by atoms with Crippen molar-refractivity contribution >= 4 is 37.7 Å². The molecule has 2 saturated heterocycles. The van der Waals surface area contributed by atoms with Crippen molar-refractivity contribution in [1.82, 2.24) is 14.3 Å². The normalized spacial score (nSPS) is 17.9. The Hall–Kier alpha value is -3.47. The smallest absolute Gasteiger partial charge is 0.243 e. The number of benzene rings is 3. The molecule has 2 aliphatic heterocycles. The maximum Gasteiger partial charge on any atom is 0.243 e. The highest BCUT2D eigenvalue weighted by molar-refractivity contribution is 9.10. The summed E-state index contributed by atoms with van der Waals surface area (Å²) in [4.78, 5) is 25.6. The molecule has 0 N–H and O–H groups in total. The van der Waals surface area contributed by atoms with Crippen molar-refractivity contribution in [1.29, 1.82) is 0 Å². The molecule has 0 unspecified atom stereocenters. The van der Waals surface area contributed by atoms with E-state index in [-0.39, 0.29) is 23.6 Å². The number of hydrogen-bond donors (Lipinski definition) is 0. The number of anilines is 1. The zero-order valence-electron chi connectivity index (χ0n) is 25.0. The topological polar surface area (TPSA) is 83.5 Å². The van der Waals surface area contributed by atoms with Crippen LogP contribution in [0.25, 0.3) is 11.3 Å². The maximum atomic E-state index is 13.5. The quantitative estimate of drug-likeness (QED) is 0.181. The van der Waals surface area contributed by atoms with Crippen molar-refractivity contribution < 1.29 is 17.6 Å². The van der Waals surface area contributed by atoms with E-state index in [1.54, 1.807) is 0 Å². The van der Waals surface area contributed by atoms with Crippen LogP contribution in [0.15, 0.2) is 94.3 Å². The number of Topliss-reactive ketones (excluding diaryl/α,β-unsaturated/α-hetero) is 1. The van der Waals surface area contributed by atoms with E-state index in [9.17, 15) is 17.6 Å². The average molecular weight is 692 g/mol. The molecule has 7 nitrogen and oxygen atoms in total. The standard InChI is InChI=1S/C35H36BrFN4O3S/c36-28-10-8-27(9-11-28)32-24-30(38-35(39-32)40-21-18-26(19-22-40)23-25-5-2-1-3-6-25)14-17-34(42)33-7-4-20-41(33)45(43,44)31-15-12-29(37)13-16-31/h1-3,5-6,8-13,15-16,24,26,33H,4,7,14,17-23H2/t33-/m0/s1. The fourth-order valence-corrected chi connectivity index (χ4v) is 8.26. The summed E-state index contributed by atoms with van der Waals surface area (Å²) in [5.41, 5.74) is 3.87. The molecule has 2 fully saturated rings. The van der Waals surface area contributed by atoms with Gasteiger partial charge in [-0.3, -0.25) is 4.79 Å². The Balaban J connectivity index is 1.18. The number of ketones is 1. The van der Waals surface area contributed by atoms with Gasteiger partial charge in [-0.05, 0) is 92.5 Å². The molecule has 4 aromatic rings. The third-order valence-corrected chi connectivity index (χ3v) is 11.2. The molecule has 6 rings (SSSR count). The Morgan fingerprint density at radius 1 is 0.889 bits per heavy atom. The number of piperidine rings is 1. The van der Waals surface area contributed by atoms with Crippen molar-refractivity contribution in [3.63, 3.8) is 0 Å². The van der Waals surface area contributed by atoms with Crippen LogP contribution >= 0.6 is 15.9 Å². The van der Waals surface area contributed by atoms with Crippen molar-refractivity contribution in [3.05, 3.63) is 106 Å². The lowest BCUT2D eigenvalue weighted by atomic mass is 9.90. The highest BCUT2D eigenvalue weighted by atomic mass is 79.9. The summed E-state index contributed by atoms with van der Waals surface area (Å²) in [6.45, 7) is 1.98. The fourth-order valence-electron chi connectivity index (χ4n) is 6.32. The van der Waals surface area contributed by atoms with Crippen molar-refractivity contribution in [3.8, 4) is 11.3 Å². The van der Waals surface area contributed by atoms with Crippen molar-refractivity contribution in [2.75, 3.05) is 24.5 Å². The number of rotatable bonds is 10. The van der Waals surface area contributed by atoms with Crippen LogP contribution in [0.4, 0.5) is 10.3 Å². The SMILES string of the molecule is O=C(CCc1cc(-c2ccc(Br)cc2)nc(N2CCC(Cc3ccccc3)CC2)n1)[C@@H]1CCCN1S(=O)(=O)c1ccc(F)cc1. The molecule has 0 aliphatic carbocycles. The third kappa shape index (κ3) is 7.51. The van der Waals surface area contributed by atoms with Gasteiger partial charge in [0.15, 0.2) is 5.78 Å². The molecular formula is C35H36BrFN4O3S. The van der Waals surface area contributed by atoms with Gasteiger partial charge >= 0.3 is 0 Å². The Bertz CT molecular complexity index is 1730. The zero-order chi connectivity index (χ0) is 31.4. The minimum absolute atomic E-state index is 0.00396. The van der Waals surface area contributed by atoms with Gasteiger partial charge in [-0.15, -0.1) is 0 Å². The molecule has 1 atom stereocenters. The molecule has 0 saturated carbocycles. The number of aryl methyl sites for hydroxylation is 1. The Morgan fingerprint density at radius 2 is 1.60 bits per heavy atom. The first-order valence-electron chi connectivity index (χ1n) is 15.5. The van der Waals surface area contributed by atoms with Gasteiger partial charge in [0.05, 0.1) is 16.6 Å². The molecule has 0 spiro atoms. The molecule has 234 valence electrons. The molecule has 1 aromatic heterocycles. The molecule has 45 heavy (non-hydrogen) atoms. The minimum Gasteiger partial charge on any atom is -0.341 e. The van der Waals surface area contributed by atoms with E-state index in [1.165, 1.54) is 22.0 Å².